The molecule has 0 unspecified atom stereocenters. The Labute approximate surface area is 170 Å². The standard InChI is InChI=1S/C19H14BrClN2O3S/c20-14-4-8-17(9-5-14)23-27(25,26)18-3-1-2-13(12-18)19(24)22-16-10-6-15(21)7-11-16/h1-12,23H,(H,22,24). The molecular weight excluding hydrogens is 452 g/mol. The van der Waals surface area contributed by atoms with Crippen molar-refractivity contribution in [1.82, 2.24) is 0 Å². The highest BCUT2D eigenvalue weighted by molar-refractivity contribution is 9.10. The quantitative estimate of drug-likeness (QED) is 0.547. The molecule has 0 atom stereocenters. The van der Waals surface area contributed by atoms with Gasteiger partial charge in [0.2, 0.25) is 0 Å². The Morgan fingerprint density at radius 3 is 2.19 bits per heavy atom. The first-order valence-electron chi connectivity index (χ1n) is 7.79. The lowest BCUT2D eigenvalue weighted by Crippen LogP contribution is -2.16. The van der Waals surface area contributed by atoms with Crippen LogP contribution in [0.1, 0.15) is 10.4 Å². The lowest BCUT2D eigenvalue weighted by molar-refractivity contribution is 0.102. The number of rotatable bonds is 5. The van der Waals surface area contributed by atoms with Gasteiger partial charge in [-0.05, 0) is 66.7 Å². The van der Waals surface area contributed by atoms with Crippen LogP contribution in [-0.4, -0.2) is 14.3 Å². The summed E-state index contributed by atoms with van der Waals surface area (Å²) in [4.78, 5) is 12.4. The van der Waals surface area contributed by atoms with Crippen LogP contribution in [0.2, 0.25) is 5.02 Å². The second kappa shape index (κ2) is 8.12. The van der Waals surface area contributed by atoms with Crippen LogP contribution in [0.4, 0.5) is 11.4 Å². The first-order chi connectivity index (χ1) is 12.8. The normalized spacial score (nSPS) is 11.0. The van der Waals surface area contributed by atoms with Gasteiger partial charge in [0.1, 0.15) is 0 Å². The van der Waals surface area contributed by atoms with E-state index in [-0.39, 0.29) is 10.5 Å². The lowest BCUT2D eigenvalue weighted by Gasteiger charge is -2.10. The molecule has 0 aliphatic rings. The van der Waals surface area contributed by atoms with E-state index in [0.717, 1.165) is 4.47 Å². The number of halogens is 2. The van der Waals surface area contributed by atoms with E-state index in [2.05, 4.69) is 26.0 Å². The minimum Gasteiger partial charge on any atom is -0.322 e. The highest BCUT2D eigenvalue weighted by atomic mass is 79.9. The number of carbonyl (C=O) groups is 1. The van der Waals surface area contributed by atoms with Crippen molar-refractivity contribution in [2.24, 2.45) is 0 Å². The smallest absolute Gasteiger partial charge is 0.261 e. The molecule has 3 aromatic rings. The predicted molar refractivity (Wildman–Crippen MR) is 111 cm³/mol. The van der Waals surface area contributed by atoms with Gasteiger partial charge in [-0.25, -0.2) is 8.42 Å². The number of benzene rings is 3. The van der Waals surface area contributed by atoms with Gasteiger partial charge in [-0.1, -0.05) is 33.6 Å². The summed E-state index contributed by atoms with van der Waals surface area (Å²) < 4.78 is 28.5. The van der Waals surface area contributed by atoms with Crippen LogP contribution < -0.4 is 10.0 Å². The second-order valence-electron chi connectivity index (χ2n) is 5.60. The molecule has 0 radical (unpaired) electrons. The zero-order valence-electron chi connectivity index (χ0n) is 13.8. The molecule has 8 heteroatoms. The number of anilines is 2. The molecule has 138 valence electrons. The van der Waals surface area contributed by atoms with Crippen LogP contribution in [-0.2, 0) is 10.0 Å². The first kappa shape index (κ1) is 19.4. The molecule has 27 heavy (non-hydrogen) atoms. The molecule has 5 nitrogen and oxygen atoms in total. The number of carbonyl (C=O) groups excluding carboxylic acids is 1. The Morgan fingerprint density at radius 1 is 0.889 bits per heavy atom. The third kappa shape index (κ3) is 5.09. The van der Waals surface area contributed by atoms with Crippen LogP contribution in [0, 0.1) is 0 Å². The summed E-state index contributed by atoms with van der Waals surface area (Å²) in [5, 5.41) is 3.26. The Bertz CT molecular complexity index is 1070. The fourth-order valence-corrected chi connectivity index (χ4v) is 3.77. The molecule has 0 bridgehead atoms. The lowest BCUT2D eigenvalue weighted by atomic mass is 10.2. The van der Waals surface area contributed by atoms with E-state index < -0.39 is 15.9 Å². The molecule has 0 aliphatic carbocycles. The van der Waals surface area contributed by atoms with Crippen LogP contribution in [0.15, 0.2) is 82.2 Å². The predicted octanol–water partition coefficient (Wildman–Crippen LogP) is 5.16. The number of hydrogen-bond donors (Lipinski definition) is 2. The fourth-order valence-electron chi connectivity index (χ4n) is 2.27. The largest absolute Gasteiger partial charge is 0.322 e. The molecule has 0 aliphatic heterocycles. The van der Waals surface area contributed by atoms with Crippen molar-refractivity contribution in [3.05, 3.63) is 87.9 Å². The Balaban J connectivity index is 1.80. The summed E-state index contributed by atoms with van der Waals surface area (Å²) in [5.74, 6) is -0.419. The minimum atomic E-state index is -3.82. The van der Waals surface area contributed by atoms with Gasteiger partial charge in [0, 0.05) is 26.4 Å². The summed E-state index contributed by atoms with van der Waals surface area (Å²) in [5.41, 5.74) is 1.21. The topological polar surface area (TPSA) is 75.3 Å². The van der Waals surface area contributed by atoms with Crippen molar-refractivity contribution in [2.45, 2.75) is 4.90 Å². The molecular formula is C19H14BrClN2O3S. The highest BCUT2D eigenvalue weighted by Crippen LogP contribution is 2.20. The minimum absolute atomic E-state index is 0.00539. The van der Waals surface area contributed by atoms with Gasteiger partial charge in [-0.3, -0.25) is 9.52 Å². The molecule has 0 fully saturated rings. The molecule has 0 spiro atoms. The molecule has 0 heterocycles. The van der Waals surface area contributed by atoms with Gasteiger partial charge in [0.15, 0.2) is 0 Å². The van der Waals surface area contributed by atoms with E-state index in [9.17, 15) is 13.2 Å². The van der Waals surface area contributed by atoms with E-state index in [1.165, 1.54) is 18.2 Å². The number of sulfonamides is 1. The average molecular weight is 466 g/mol. The van der Waals surface area contributed by atoms with Crippen molar-refractivity contribution in [1.29, 1.82) is 0 Å². The molecule has 3 aromatic carbocycles. The van der Waals surface area contributed by atoms with Crippen molar-refractivity contribution in [3.8, 4) is 0 Å². The van der Waals surface area contributed by atoms with Gasteiger partial charge in [-0.2, -0.15) is 0 Å². The van der Waals surface area contributed by atoms with Gasteiger partial charge in [-0.15, -0.1) is 0 Å². The third-order valence-electron chi connectivity index (χ3n) is 3.61. The summed E-state index contributed by atoms with van der Waals surface area (Å²) in [6.07, 6.45) is 0. The van der Waals surface area contributed by atoms with E-state index in [0.29, 0.717) is 16.4 Å². The summed E-state index contributed by atoms with van der Waals surface area (Å²) in [6, 6.07) is 19.2. The number of nitrogens with one attached hydrogen (secondary N) is 2. The summed E-state index contributed by atoms with van der Waals surface area (Å²) in [7, 11) is -3.82. The van der Waals surface area contributed by atoms with E-state index >= 15 is 0 Å². The maximum atomic E-state index is 12.6. The first-order valence-corrected chi connectivity index (χ1v) is 10.4. The van der Waals surface area contributed by atoms with E-state index in [1.807, 2.05) is 0 Å². The van der Waals surface area contributed by atoms with Crippen LogP contribution in [0.25, 0.3) is 0 Å². The maximum absolute atomic E-state index is 12.6. The highest BCUT2D eigenvalue weighted by Gasteiger charge is 2.16. The molecule has 2 N–H and O–H groups in total. The number of amides is 1. The summed E-state index contributed by atoms with van der Waals surface area (Å²) >= 11 is 9.12. The van der Waals surface area contributed by atoms with Gasteiger partial charge < -0.3 is 5.32 Å². The second-order valence-corrected chi connectivity index (χ2v) is 8.64. The SMILES string of the molecule is O=C(Nc1ccc(Cl)cc1)c1cccc(S(=O)(=O)Nc2ccc(Br)cc2)c1. The van der Waals surface area contributed by atoms with Crippen molar-refractivity contribution in [3.63, 3.8) is 0 Å². The molecule has 3 rings (SSSR count). The zero-order chi connectivity index (χ0) is 19.4. The fraction of sp³-hybridized carbons (Fsp3) is 0. The average Bonchev–Trinajstić information content (AvgIpc) is 2.65. The number of hydrogen-bond acceptors (Lipinski definition) is 3. The van der Waals surface area contributed by atoms with Crippen molar-refractivity contribution < 1.29 is 13.2 Å². The van der Waals surface area contributed by atoms with E-state index in [4.69, 9.17) is 11.6 Å². The summed E-state index contributed by atoms with van der Waals surface area (Å²) in [6.45, 7) is 0. The molecule has 0 saturated carbocycles. The molecule has 0 saturated heterocycles. The third-order valence-corrected chi connectivity index (χ3v) is 5.76. The zero-order valence-corrected chi connectivity index (χ0v) is 17.0. The monoisotopic (exact) mass is 464 g/mol. The van der Waals surface area contributed by atoms with Gasteiger partial charge in [0.25, 0.3) is 15.9 Å². The molecule has 1 amide bonds. The van der Waals surface area contributed by atoms with E-state index in [1.54, 1.807) is 54.6 Å². The van der Waals surface area contributed by atoms with Crippen molar-refractivity contribution >= 4 is 54.8 Å². The Kier molecular flexibility index (Phi) is 5.84. The Hall–Kier alpha value is -2.35. The Morgan fingerprint density at radius 2 is 1.52 bits per heavy atom. The van der Waals surface area contributed by atoms with Gasteiger partial charge >= 0.3 is 0 Å². The molecule has 0 aromatic heterocycles. The van der Waals surface area contributed by atoms with Crippen LogP contribution in [0.3, 0.4) is 0 Å². The van der Waals surface area contributed by atoms with Gasteiger partial charge in [0.05, 0.1) is 4.90 Å². The van der Waals surface area contributed by atoms with Crippen LogP contribution >= 0.6 is 27.5 Å². The van der Waals surface area contributed by atoms with Crippen molar-refractivity contribution in [2.75, 3.05) is 10.0 Å². The van der Waals surface area contributed by atoms with Crippen LogP contribution in [0.5, 0.6) is 0 Å². The maximum Gasteiger partial charge on any atom is 0.261 e.